The maximum absolute atomic E-state index is 12.3. The highest BCUT2D eigenvalue weighted by Crippen LogP contribution is 2.25. The average Bonchev–Trinajstić information content (AvgIpc) is 2.40. The van der Waals surface area contributed by atoms with E-state index in [1.54, 1.807) is 60.7 Å². The van der Waals surface area contributed by atoms with Gasteiger partial charge in [-0.2, -0.15) is 0 Å². The van der Waals surface area contributed by atoms with E-state index in [4.69, 9.17) is 0 Å². The van der Waals surface area contributed by atoms with Crippen LogP contribution in [0.25, 0.3) is 0 Å². The number of carboxylic acid groups (broad SMARTS) is 1. The smallest absolute Gasteiger partial charge is 0.324 e. The van der Waals surface area contributed by atoms with E-state index in [2.05, 4.69) is 0 Å². The standard InChI is InChI=1S/C14H12O3S/c15-14(16)13(11-7-3-1-4-8-11)18(17)12-9-5-2-6-10-12/h1-10,13H,(H,15,16). The van der Waals surface area contributed by atoms with Gasteiger partial charge in [0, 0.05) is 4.90 Å². The van der Waals surface area contributed by atoms with Gasteiger partial charge in [-0.15, -0.1) is 0 Å². The van der Waals surface area contributed by atoms with Gasteiger partial charge in [0.25, 0.3) is 0 Å². The predicted molar refractivity (Wildman–Crippen MR) is 69.7 cm³/mol. The summed E-state index contributed by atoms with van der Waals surface area (Å²) in [6.45, 7) is 0. The van der Waals surface area contributed by atoms with Crippen LogP contribution >= 0.6 is 0 Å². The van der Waals surface area contributed by atoms with Gasteiger partial charge in [-0.3, -0.25) is 9.00 Å². The highest BCUT2D eigenvalue weighted by molar-refractivity contribution is 7.86. The topological polar surface area (TPSA) is 54.4 Å². The van der Waals surface area contributed by atoms with Gasteiger partial charge in [0.15, 0.2) is 5.25 Å². The quantitative estimate of drug-likeness (QED) is 0.919. The highest BCUT2D eigenvalue weighted by Gasteiger charge is 2.27. The molecule has 0 aliphatic rings. The molecule has 0 aliphatic heterocycles. The highest BCUT2D eigenvalue weighted by atomic mass is 32.2. The van der Waals surface area contributed by atoms with Crippen LogP contribution in [0.2, 0.25) is 0 Å². The number of rotatable bonds is 4. The lowest BCUT2D eigenvalue weighted by molar-refractivity contribution is -0.136. The third-order valence-electron chi connectivity index (χ3n) is 2.52. The average molecular weight is 260 g/mol. The number of hydrogen-bond donors (Lipinski definition) is 1. The van der Waals surface area contributed by atoms with Crippen molar-refractivity contribution in [1.82, 2.24) is 0 Å². The molecule has 0 saturated carbocycles. The van der Waals surface area contributed by atoms with Crippen LogP contribution in [0, 0.1) is 0 Å². The Kier molecular flexibility index (Phi) is 3.89. The molecule has 3 nitrogen and oxygen atoms in total. The second kappa shape index (κ2) is 5.60. The molecule has 0 aliphatic carbocycles. The first-order valence-corrected chi connectivity index (χ1v) is 6.65. The molecule has 92 valence electrons. The summed E-state index contributed by atoms with van der Waals surface area (Å²) in [6.07, 6.45) is 0. The fourth-order valence-corrected chi connectivity index (χ4v) is 2.96. The first-order valence-electron chi connectivity index (χ1n) is 5.43. The number of aliphatic carboxylic acids is 1. The van der Waals surface area contributed by atoms with Crippen LogP contribution in [-0.2, 0) is 15.6 Å². The molecule has 0 radical (unpaired) electrons. The van der Waals surface area contributed by atoms with Crippen LogP contribution in [0.1, 0.15) is 10.8 Å². The summed E-state index contributed by atoms with van der Waals surface area (Å²) in [4.78, 5) is 11.8. The minimum atomic E-state index is -1.60. The number of benzene rings is 2. The zero-order chi connectivity index (χ0) is 13.0. The summed E-state index contributed by atoms with van der Waals surface area (Å²) in [5, 5.41) is 8.23. The van der Waals surface area contributed by atoms with E-state index in [0.29, 0.717) is 10.5 Å². The second-order valence-electron chi connectivity index (χ2n) is 3.74. The molecular formula is C14H12O3S. The summed E-state index contributed by atoms with van der Waals surface area (Å²) in [5.41, 5.74) is 0.548. The van der Waals surface area contributed by atoms with Crippen LogP contribution < -0.4 is 0 Å². The first kappa shape index (κ1) is 12.5. The van der Waals surface area contributed by atoms with Crippen molar-refractivity contribution < 1.29 is 14.1 Å². The second-order valence-corrected chi connectivity index (χ2v) is 5.28. The van der Waals surface area contributed by atoms with E-state index in [1.807, 2.05) is 0 Å². The summed E-state index contributed by atoms with van der Waals surface area (Å²) in [6, 6.07) is 17.3. The van der Waals surface area contributed by atoms with Gasteiger partial charge in [0.2, 0.25) is 0 Å². The molecule has 0 aromatic heterocycles. The van der Waals surface area contributed by atoms with Crippen molar-refractivity contribution in [1.29, 1.82) is 0 Å². The van der Waals surface area contributed by atoms with E-state index < -0.39 is 22.0 Å². The molecule has 0 amide bonds. The zero-order valence-corrected chi connectivity index (χ0v) is 10.3. The Labute approximate surface area is 108 Å². The van der Waals surface area contributed by atoms with Gasteiger partial charge in [0.1, 0.15) is 0 Å². The van der Waals surface area contributed by atoms with Gasteiger partial charge in [-0.25, -0.2) is 0 Å². The van der Waals surface area contributed by atoms with E-state index in [1.165, 1.54) is 0 Å². The lowest BCUT2D eigenvalue weighted by Crippen LogP contribution is -2.17. The molecule has 2 unspecified atom stereocenters. The molecule has 0 spiro atoms. The number of hydrogen-bond acceptors (Lipinski definition) is 2. The monoisotopic (exact) mass is 260 g/mol. The molecule has 2 atom stereocenters. The van der Waals surface area contributed by atoms with Gasteiger partial charge < -0.3 is 5.11 Å². The SMILES string of the molecule is O=C(O)C(c1ccccc1)S(=O)c1ccccc1. The van der Waals surface area contributed by atoms with Crippen LogP contribution in [-0.4, -0.2) is 15.3 Å². The van der Waals surface area contributed by atoms with Gasteiger partial charge in [-0.1, -0.05) is 48.5 Å². The predicted octanol–water partition coefficient (Wildman–Crippen LogP) is 2.62. The maximum Gasteiger partial charge on any atom is 0.324 e. The fourth-order valence-electron chi connectivity index (χ4n) is 1.68. The summed E-state index contributed by atoms with van der Waals surface area (Å²) >= 11 is 0. The molecular weight excluding hydrogens is 248 g/mol. The molecule has 4 heteroatoms. The molecule has 2 aromatic rings. The molecule has 2 aromatic carbocycles. The maximum atomic E-state index is 12.3. The van der Waals surface area contributed by atoms with Crippen LogP contribution in [0.3, 0.4) is 0 Å². The Morgan fingerprint density at radius 3 is 1.94 bits per heavy atom. The third kappa shape index (κ3) is 2.65. The largest absolute Gasteiger partial charge is 0.480 e. The van der Waals surface area contributed by atoms with E-state index in [-0.39, 0.29) is 0 Å². The zero-order valence-electron chi connectivity index (χ0n) is 9.52. The van der Waals surface area contributed by atoms with Gasteiger partial charge >= 0.3 is 5.97 Å². The Morgan fingerprint density at radius 1 is 0.944 bits per heavy atom. The normalized spacial score (nSPS) is 13.8. The van der Waals surface area contributed by atoms with Gasteiger partial charge in [-0.05, 0) is 17.7 Å². The molecule has 2 rings (SSSR count). The Bertz CT molecular complexity index is 552. The molecule has 0 fully saturated rings. The Morgan fingerprint density at radius 2 is 1.44 bits per heavy atom. The van der Waals surface area contributed by atoms with Crippen molar-refractivity contribution >= 4 is 16.8 Å². The summed E-state index contributed by atoms with van der Waals surface area (Å²) in [5.74, 6) is -1.08. The summed E-state index contributed by atoms with van der Waals surface area (Å²) in [7, 11) is -1.60. The molecule has 0 saturated heterocycles. The van der Waals surface area contributed by atoms with Crippen molar-refractivity contribution in [3.05, 3.63) is 66.2 Å². The van der Waals surface area contributed by atoms with Gasteiger partial charge in [0.05, 0.1) is 10.8 Å². The number of carbonyl (C=O) groups is 1. The van der Waals surface area contributed by atoms with E-state index in [0.717, 1.165) is 0 Å². The van der Waals surface area contributed by atoms with Crippen molar-refractivity contribution in [2.75, 3.05) is 0 Å². The van der Waals surface area contributed by atoms with Crippen molar-refractivity contribution in [2.45, 2.75) is 10.1 Å². The van der Waals surface area contributed by atoms with Crippen molar-refractivity contribution in [3.63, 3.8) is 0 Å². The van der Waals surface area contributed by atoms with Crippen LogP contribution in [0.4, 0.5) is 0 Å². The van der Waals surface area contributed by atoms with Crippen LogP contribution in [0.5, 0.6) is 0 Å². The molecule has 1 N–H and O–H groups in total. The van der Waals surface area contributed by atoms with E-state index in [9.17, 15) is 14.1 Å². The Hall–Kier alpha value is -1.94. The van der Waals surface area contributed by atoms with Crippen LogP contribution in [0.15, 0.2) is 65.6 Å². The minimum absolute atomic E-state index is 0.522. The lowest BCUT2D eigenvalue weighted by atomic mass is 10.1. The summed E-state index contributed by atoms with van der Waals surface area (Å²) < 4.78 is 12.3. The Balaban J connectivity index is 2.39. The van der Waals surface area contributed by atoms with Crippen molar-refractivity contribution in [3.8, 4) is 0 Å². The molecule has 0 heterocycles. The molecule has 0 bridgehead atoms. The minimum Gasteiger partial charge on any atom is -0.480 e. The van der Waals surface area contributed by atoms with Crippen molar-refractivity contribution in [2.24, 2.45) is 0 Å². The van der Waals surface area contributed by atoms with E-state index >= 15 is 0 Å². The first-order chi connectivity index (χ1) is 8.70. The number of carboxylic acids is 1. The molecule has 18 heavy (non-hydrogen) atoms. The fraction of sp³-hybridized carbons (Fsp3) is 0.0714. The lowest BCUT2D eigenvalue weighted by Gasteiger charge is -2.12. The third-order valence-corrected chi connectivity index (χ3v) is 4.15.